The Morgan fingerprint density at radius 2 is 1.89 bits per heavy atom. The number of carbonyl (C=O) groups excluding carboxylic acids is 2. The molecule has 1 aromatic carbocycles. The van der Waals surface area contributed by atoms with Crippen molar-refractivity contribution in [3.63, 3.8) is 0 Å². The van der Waals surface area contributed by atoms with Gasteiger partial charge < -0.3 is 15.1 Å². The number of hydrogen-bond donors (Lipinski definition) is 2. The molecule has 7 heteroatoms. The zero-order valence-electron chi connectivity index (χ0n) is 15.9. The average Bonchev–Trinajstić information content (AvgIpc) is 3.41. The number of carbonyl (C=O) groups is 2. The molecule has 1 aromatic heterocycles. The van der Waals surface area contributed by atoms with Crippen LogP contribution in [0.4, 0.5) is 10.5 Å². The van der Waals surface area contributed by atoms with Gasteiger partial charge in [0.25, 0.3) is 5.91 Å². The minimum absolute atomic E-state index is 0.0480. The van der Waals surface area contributed by atoms with Crippen molar-refractivity contribution in [1.29, 1.82) is 0 Å². The van der Waals surface area contributed by atoms with Crippen molar-refractivity contribution < 1.29 is 14.0 Å². The van der Waals surface area contributed by atoms with Crippen LogP contribution in [0.1, 0.15) is 41.4 Å². The number of piperidine rings is 1. The van der Waals surface area contributed by atoms with E-state index in [2.05, 4.69) is 15.5 Å². The van der Waals surface area contributed by atoms with Crippen LogP contribution in [0.2, 0.25) is 0 Å². The molecule has 3 amide bonds. The summed E-state index contributed by atoms with van der Waals surface area (Å²) in [6.07, 6.45) is 5.30. The number of urea groups is 1. The van der Waals surface area contributed by atoms with Gasteiger partial charge in [-0.05, 0) is 62.3 Å². The molecule has 2 saturated heterocycles. The highest BCUT2D eigenvalue weighted by Gasteiger charge is 2.25. The summed E-state index contributed by atoms with van der Waals surface area (Å²) in [7, 11) is 0. The molecule has 1 atom stereocenters. The molecule has 4 rings (SSSR count). The number of likely N-dealkylation sites (tertiary alicyclic amines) is 1. The third kappa shape index (κ3) is 4.04. The largest absolute Gasteiger partial charge is 0.468 e. The van der Waals surface area contributed by atoms with E-state index < -0.39 is 0 Å². The quantitative estimate of drug-likeness (QED) is 0.805. The number of rotatable bonds is 6. The molecule has 0 radical (unpaired) electrons. The number of benzene rings is 1. The van der Waals surface area contributed by atoms with Crippen molar-refractivity contribution in [2.75, 3.05) is 37.6 Å². The van der Waals surface area contributed by atoms with E-state index in [-0.39, 0.29) is 18.0 Å². The van der Waals surface area contributed by atoms with Crippen LogP contribution in [-0.2, 0) is 0 Å². The number of furan rings is 1. The highest BCUT2D eigenvalue weighted by molar-refractivity contribution is 5.97. The Morgan fingerprint density at radius 1 is 1.11 bits per heavy atom. The van der Waals surface area contributed by atoms with Gasteiger partial charge in [-0.3, -0.25) is 14.6 Å². The Bertz CT molecular complexity index is 798. The molecule has 0 aliphatic carbocycles. The standard InChI is InChI=1S/C21H26N4O3/c26-20(16-6-8-17(9-7-16)25-13-10-22-21(25)27)23-15-18(19-5-4-14-28-19)24-11-2-1-3-12-24/h4-9,14,18H,1-3,10-13,15H2,(H,22,27)(H,23,26). The number of nitrogens with zero attached hydrogens (tertiary/aromatic N) is 2. The minimum atomic E-state index is -0.119. The van der Waals surface area contributed by atoms with E-state index >= 15 is 0 Å². The second kappa shape index (κ2) is 8.48. The van der Waals surface area contributed by atoms with Crippen molar-refractivity contribution in [3.8, 4) is 0 Å². The first-order valence-corrected chi connectivity index (χ1v) is 9.93. The van der Waals surface area contributed by atoms with Gasteiger partial charge in [-0.2, -0.15) is 0 Å². The topological polar surface area (TPSA) is 77.8 Å². The lowest BCUT2D eigenvalue weighted by molar-refractivity contribution is 0.0914. The Labute approximate surface area is 164 Å². The van der Waals surface area contributed by atoms with Crippen LogP contribution in [-0.4, -0.2) is 49.6 Å². The molecule has 148 valence electrons. The molecule has 2 fully saturated rings. The molecule has 0 bridgehead atoms. The van der Waals surface area contributed by atoms with Crippen molar-refractivity contribution in [2.45, 2.75) is 25.3 Å². The van der Waals surface area contributed by atoms with E-state index in [9.17, 15) is 9.59 Å². The molecule has 2 aliphatic heterocycles. The monoisotopic (exact) mass is 382 g/mol. The molecule has 2 aromatic rings. The zero-order chi connectivity index (χ0) is 19.3. The molecule has 2 N–H and O–H groups in total. The summed E-state index contributed by atoms with van der Waals surface area (Å²) in [5, 5.41) is 5.83. The summed E-state index contributed by atoms with van der Waals surface area (Å²) < 4.78 is 5.63. The van der Waals surface area contributed by atoms with E-state index in [1.807, 2.05) is 24.3 Å². The Kier molecular flexibility index (Phi) is 5.62. The average molecular weight is 382 g/mol. The number of anilines is 1. The van der Waals surface area contributed by atoms with Crippen molar-refractivity contribution in [3.05, 3.63) is 54.0 Å². The summed E-state index contributed by atoms with van der Waals surface area (Å²) in [5.74, 6) is 0.767. The maximum atomic E-state index is 12.6. The lowest BCUT2D eigenvalue weighted by atomic mass is 10.1. The summed E-state index contributed by atoms with van der Waals surface area (Å²) in [5.41, 5.74) is 1.38. The fourth-order valence-corrected chi connectivity index (χ4v) is 3.92. The van der Waals surface area contributed by atoms with Crippen LogP contribution in [0, 0.1) is 0 Å². The second-order valence-corrected chi connectivity index (χ2v) is 7.27. The van der Waals surface area contributed by atoms with Gasteiger partial charge in [-0.1, -0.05) is 6.42 Å². The number of amides is 3. The highest BCUT2D eigenvalue weighted by atomic mass is 16.3. The van der Waals surface area contributed by atoms with Crippen LogP contribution in [0.5, 0.6) is 0 Å². The minimum Gasteiger partial charge on any atom is -0.468 e. The third-order valence-corrected chi connectivity index (χ3v) is 5.46. The first kappa shape index (κ1) is 18.6. The maximum Gasteiger partial charge on any atom is 0.321 e. The molecule has 3 heterocycles. The third-order valence-electron chi connectivity index (χ3n) is 5.46. The summed E-state index contributed by atoms with van der Waals surface area (Å²) in [6.45, 7) is 3.83. The lowest BCUT2D eigenvalue weighted by Crippen LogP contribution is -2.40. The van der Waals surface area contributed by atoms with E-state index in [4.69, 9.17) is 4.42 Å². The zero-order valence-corrected chi connectivity index (χ0v) is 15.9. The second-order valence-electron chi connectivity index (χ2n) is 7.27. The highest BCUT2D eigenvalue weighted by Crippen LogP contribution is 2.25. The van der Waals surface area contributed by atoms with Crippen molar-refractivity contribution >= 4 is 17.6 Å². The van der Waals surface area contributed by atoms with Crippen LogP contribution in [0.3, 0.4) is 0 Å². The Balaban J connectivity index is 1.40. The van der Waals surface area contributed by atoms with Crippen LogP contribution in [0.25, 0.3) is 0 Å². The molecular weight excluding hydrogens is 356 g/mol. The van der Waals surface area contributed by atoms with Gasteiger partial charge in [-0.15, -0.1) is 0 Å². The van der Waals surface area contributed by atoms with Crippen LogP contribution >= 0.6 is 0 Å². The molecule has 1 unspecified atom stereocenters. The van der Waals surface area contributed by atoms with E-state index in [0.717, 1.165) is 24.5 Å². The molecule has 28 heavy (non-hydrogen) atoms. The van der Waals surface area contributed by atoms with Crippen molar-refractivity contribution in [2.24, 2.45) is 0 Å². The lowest BCUT2D eigenvalue weighted by Gasteiger charge is -2.33. The van der Waals surface area contributed by atoms with E-state index in [1.165, 1.54) is 19.3 Å². The Morgan fingerprint density at radius 3 is 2.54 bits per heavy atom. The predicted molar refractivity (Wildman–Crippen MR) is 106 cm³/mol. The smallest absolute Gasteiger partial charge is 0.321 e. The van der Waals surface area contributed by atoms with Gasteiger partial charge in [-0.25, -0.2) is 4.79 Å². The molecule has 0 spiro atoms. The van der Waals surface area contributed by atoms with Crippen LogP contribution in [0.15, 0.2) is 47.1 Å². The predicted octanol–water partition coefficient (Wildman–Crippen LogP) is 2.77. The van der Waals surface area contributed by atoms with Crippen LogP contribution < -0.4 is 15.5 Å². The van der Waals surface area contributed by atoms with Gasteiger partial charge in [0.05, 0.1) is 12.3 Å². The number of hydrogen-bond acceptors (Lipinski definition) is 4. The summed E-state index contributed by atoms with van der Waals surface area (Å²) in [4.78, 5) is 28.5. The van der Waals surface area contributed by atoms with Gasteiger partial charge in [0.15, 0.2) is 0 Å². The van der Waals surface area contributed by atoms with Crippen molar-refractivity contribution in [1.82, 2.24) is 15.5 Å². The first-order valence-electron chi connectivity index (χ1n) is 9.93. The van der Waals surface area contributed by atoms with Gasteiger partial charge in [0.1, 0.15) is 5.76 Å². The SMILES string of the molecule is O=C(NCC(c1ccco1)N1CCCCC1)c1ccc(N2CCNC2=O)cc1. The molecule has 7 nitrogen and oxygen atoms in total. The van der Waals surface area contributed by atoms with Gasteiger partial charge >= 0.3 is 6.03 Å². The first-order chi connectivity index (χ1) is 13.7. The molecular formula is C21H26N4O3. The van der Waals surface area contributed by atoms with E-state index in [1.54, 1.807) is 23.3 Å². The van der Waals surface area contributed by atoms with E-state index in [0.29, 0.717) is 25.2 Å². The summed E-state index contributed by atoms with van der Waals surface area (Å²) >= 11 is 0. The molecule has 2 aliphatic rings. The fourth-order valence-electron chi connectivity index (χ4n) is 3.92. The maximum absolute atomic E-state index is 12.6. The fraction of sp³-hybridized carbons (Fsp3) is 0.429. The molecule has 0 saturated carbocycles. The van der Waals surface area contributed by atoms with Gasteiger partial charge in [0.2, 0.25) is 0 Å². The summed E-state index contributed by atoms with van der Waals surface area (Å²) in [6, 6.07) is 11.0. The number of nitrogens with one attached hydrogen (secondary N) is 2. The van der Waals surface area contributed by atoms with Gasteiger partial charge in [0, 0.05) is 30.9 Å². The Hall–Kier alpha value is -2.80. The normalized spacial score (nSPS) is 18.7.